The van der Waals surface area contributed by atoms with Gasteiger partial charge in [0.1, 0.15) is 0 Å². The van der Waals surface area contributed by atoms with Crippen molar-refractivity contribution in [2.75, 3.05) is 13.6 Å². The highest BCUT2D eigenvalue weighted by Crippen LogP contribution is 1.91. The Morgan fingerprint density at radius 3 is 2.60 bits per heavy atom. The van der Waals surface area contributed by atoms with Crippen LogP contribution in [0.3, 0.4) is 0 Å². The number of carbonyl (C=O) groups is 1. The van der Waals surface area contributed by atoms with Crippen LogP contribution in [0.4, 0.5) is 0 Å². The highest BCUT2D eigenvalue weighted by atomic mass is 16.5. The van der Waals surface area contributed by atoms with Crippen LogP contribution in [0.25, 0.3) is 0 Å². The zero-order chi connectivity index (χ0) is 7.98. The quantitative estimate of drug-likeness (QED) is 0.587. The van der Waals surface area contributed by atoms with Gasteiger partial charge in [-0.1, -0.05) is 0 Å². The van der Waals surface area contributed by atoms with Crippen molar-refractivity contribution >= 4 is 5.97 Å². The van der Waals surface area contributed by atoms with E-state index in [0.29, 0.717) is 13.0 Å². The van der Waals surface area contributed by atoms with Crippen LogP contribution in [-0.4, -0.2) is 25.7 Å². The van der Waals surface area contributed by atoms with E-state index in [9.17, 15) is 4.79 Å². The van der Waals surface area contributed by atoms with Crippen LogP contribution < -0.4 is 5.32 Å². The summed E-state index contributed by atoms with van der Waals surface area (Å²) in [6, 6.07) is 0. The largest absolute Gasteiger partial charge is 0.463 e. The van der Waals surface area contributed by atoms with Gasteiger partial charge in [0.15, 0.2) is 0 Å². The third kappa shape index (κ3) is 5.56. The predicted octanol–water partition coefficient (Wildman–Crippen LogP) is 0.547. The Balaban J connectivity index is 3.26. The fraction of sp³-hybridized carbons (Fsp3) is 0.857. The van der Waals surface area contributed by atoms with E-state index in [1.54, 1.807) is 0 Å². The first-order valence-corrected chi connectivity index (χ1v) is 3.51. The summed E-state index contributed by atoms with van der Waals surface area (Å²) >= 11 is 0. The van der Waals surface area contributed by atoms with Crippen molar-refractivity contribution in [3.05, 3.63) is 0 Å². The molecule has 60 valence electrons. The van der Waals surface area contributed by atoms with Crippen LogP contribution in [0.1, 0.15) is 20.3 Å². The molecule has 0 spiro atoms. The molecule has 0 aliphatic carbocycles. The minimum atomic E-state index is -0.135. The van der Waals surface area contributed by atoms with Gasteiger partial charge in [0.2, 0.25) is 0 Å². The molecule has 0 saturated heterocycles. The van der Waals surface area contributed by atoms with Gasteiger partial charge >= 0.3 is 5.97 Å². The van der Waals surface area contributed by atoms with Crippen molar-refractivity contribution in [2.24, 2.45) is 0 Å². The summed E-state index contributed by atoms with van der Waals surface area (Å²) in [7, 11) is 1.81. The smallest absolute Gasteiger partial charge is 0.307 e. The number of ether oxygens (including phenoxy) is 1. The number of esters is 1. The standard InChI is InChI=1S/C7H15NO2/c1-6(2)10-7(9)4-5-8-3/h6,8H,4-5H2,1-3H3. The molecule has 0 rings (SSSR count). The second-order valence-electron chi connectivity index (χ2n) is 2.39. The SMILES string of the molecule is CNCCC(=O)OC(C)C. The number of rotatable bonds is 4. The fourth-order valence-corrected chi connectivity index (χ4v) is 0.549. The van der Waals surface area contributed by atoms with Crippen LogP contribution in [0.5, 0.6) is 0 Å². The Kier molecular flexibility index (Phi) is 4.94. The Labute approximate surface area is 61.8 Å². The van der Waals surface area contributed by atoms with Crippen LogP contribution in [-0.2, 0) is 9.53 Å². The lowest BCUT2D eigenvalue weighted by atomic mass is 10.4. The molecule has 0 aromatic rings. The lowest BCUT2D eigenvalue weighted by molar-refractivity contribution is -0.147. The van der Waals surface area contributed by atoms with Gasteiger partial charge < -0.3 is 10.1 Å². The summed E-state index contributed by atoms with van der Waals surface area (Å²) in [5.74, 6) is -0.135. The molecule has 0 saturated carbocycles. The van der Waals surface area contributed by atoms with Gasteiger partial charge in [0, 0.05) is 6.54 Å². The van der Waals surface area contributed by atoms with Crippen molar-refractivity contribution in [3.63, 3.8) is 0 Å². The first-order valence-electron chi connectivity index (χ1n) is 3.51. The molecule has 0 amide bonds. The van der Waals surface area contributed by atoms with Crippen LogP contribution in [0.15, 0.2) is 0 Å². The number of hydrogen-bond acceptors (Lipinski definition) is 3. The number of carbonyl (C=O) groups excluding carboxylic acids is 1. The van der Waals surface area contributed by atoms with Gasteiger partial charge in [0.05, 0.1) is 12.5 Å². The van der Waals surface area contributed by atoms with Gasteiger partial charge in [-0.2, -0.15) is 0 Å². The van der Waals surface area contributed by atoms with Gasteiger partial charge in [0.25, 0.3) is 0 Å². The molecule has 0 aromatic heterocycles. The molecular weight excluding hydrogens is 130 g/mol. The third-order valence-electron chi connectivity index (χ3n) is 0.946. The van der Waals surface area contributed by atoms with Crippen LogP contribution in [0.2, 0.25) is 0 Å². The second-order valence-corrected chi connectivity index (χ2v) is 2.39. The molecule has 0 aliphatic rings. The molecule has 0 aliphatic heterocycles. The summed E-state index contributed by atoms with van der Waals surface area (Å²) < 4.78 is 4.87. The summed E-state index contributed by atoms with van der Waals surface area (Å²) in [4.78, 5) is 10.8. The third-order valence-corrected chi connectivity index (χ3v) is 0.946. The summed E-state index contributed by atoms with van der Waals surface area (Å²) in [6.07, 6.45) is 0.457. The van der Waals surface area contributed by atoms with Gasteiger partial charge in [-0.25, -0.2) is 0 Å². The maximum Gasteiger partial charge on any atom is 0.307 e. The van der Waals surface area contributed by atoms with E-state index in [0.717, 1.165) is 0 Å². The van der Waals surface area contributed by atoms with E-state index < -0.39 is 0 Å². The summed E-state index contributed by atoms with van der Waals surface area (Å²) in [5.41, 5.74) is 0. The van der Waals surface area contributed by atoms with Gasteiger partial charge in [-0.15, -0.1) is 0 Å². The first kappa shape index (κ1) is 9.43. The average Bonchev–Trinajstić information content (AvgIpc) is 1.82. The zero-order valence-corrected chi connectivity index (χ0v) is 6.81. The van der Waals surface area contributed by atoms with E-state index in [1.165, 1.54) is 0 Å². The molecule has 0 bridgehead atoms. The Morgan fingerprint density at radius 1 is 1.60 bits per heavy atom. The molecule has 0 unspecified atom stereocenters. The van der Waals surface area contributed by atoms with Crippen molar-refractivity contribution in [1.29, 1.82) is 0 Å². The van der Waals surface area contributed by atoms with Crippen molar-refractivity contribution in [3.8, 4) is 0 Å². The summed E-state index contributed by atoms with van der Waals surface area (Å²) in [5, 5.41) is 2.87. The maximum atomic E-state index is 10.8. The van der Waals surface area contributed by atoms with Gasteiger partial charge in [-0.3, -0.25) is 4.79 Å². The highest BCUT2D eigenvalue weighted by molar-refractivity contribution is 5.69. The molecule has 0 aromatic carbocycles. The van der Waals surface area contributed by atoms with Crippen molar-refractivity contribution in [1.82, 2.24) is 5.32 Å². The summed E-state index contributed by atoms with van der Waals surface area (Å²) in [6.45, 7) is 4.38. The molecule has 0 fully saturated rings. The molecule has 1 N–H and O–H groups in total. The van der Waals surface area contributed by atoms with E-state index in [2.05, 4.69) is 5.32 Å². The Bertz CT molecular complexity index is 102. The molecule has 0 atom stereocenters. The first-order chi connectivity index (χ1) is 4.66. The van der Waals surface area contributed by atoms with Gasteiger partial charge in [-0.05, 0) is 20.9 Å². The monoisotopic (exact) mass is 145 g/mol. The van der Waals surface area contributed by atoms with E-state index in [1.807, 2.05) is 20.9 Å². The van der Waals surface area contributed by atoms with E-state index >= 15 is 0 Å². The number of hydrogen-bond donors (Lipinski definition) is 1. The fourth-order valence-electron chi connectivity index (χ4n) is 0.549. The molecule has 0 radical (unpaired) electrons. The Morgan fingerprint density at radius 2 is 2.20 bits per heavy atom. The number of nitrogens with one attached hydrogen (secondary N) is 1. The highest BCUT2D eigenvalue weighted by Gasteiger charge is 2.02. The van der Waals surface area contributed by atoms with Crippen molar-refractivity contribution in [2.45, 2.75) is 26.4 Å². The maximum absolute atomic E-state index is 10.8. The zero-order valence-electron chi connectivity index (χ0n) is 6.81. The van der Waals surface area contributed by atoms with E-state index in [4.69, 9.17) is 4.74 Å². The van der Waals surface area contributed by atoms with E-state index in [-0.39, 0.29) is 12.1 Å². The minimum absolute atomic E-state index is 0.00403. The predicted molar refractivity (Wildman–Crippen MR) is 39.8 cm³/mol. The Hall–Kier alpha value is -0.570. The average molecular weight is 145 g/mol. The van der Waals surface area contributed by atoms with Crippen molar-refractivity contribution < 1.29 is 9.53 Å². The molecule has 10 heavy (non-hydrogen) atoms. The second kappa shape index (κ2) is 5.23. The lowest BCUT2D eigenvalue weighted by Gasteiger charge is -2.06. The normalized spacial score (nSPS) is 10.0. The molecule has 3 nitrogen and oxygen atoms in total. The lowest BCUT2D eigenvalue weighted by Crippen LogP contribution is -2.17. The van der Waals surface area contributed by atoms with Crippen LogP contribution >= 0.6 is 0 Å². The minimum Gasteiger partial charge on any atom is -0.463 e. The topological polar surface area (TPSA) is 38.3 Å². The molecule has 3 heteroatoms. The van der Waals surface area contributed by atoms with Crippen LogP contribution in [0, 0.1) is 0 Å². The molecular formula is C7H15NO2. The molecule has 0 heterocycles.